The van der Waals surface area contributed by atoms with E-state index in [1.54, 1.807) is 0 Å². The van der Waals surface area contributed by atoms with Crippen molar-refractivity contribution in [1.29, 1.82) is 0 Å². The molecule has 0 N–H and O–H groups in total. The number of amides is 1. The van der Waals surface area contributed by atoms with Crippen molar-refractivity contribution < 1.29 is 18.5 Å². The molecule has 102 valence electrons. The standard InChI is InChI=1S/C11H9BrF2N2O3/c12-6-1-2-15(5-6)11(17)7-3-8(13)9(14)4-10(7)16(18)19/h3-4,6H,1-2,5H2. The van der Waals surface area contributed by atoms with Crippen molar-refractivity contribution in [2.24, 2.45) is 0 Å². The maximum Gasteiger partial charge on any atom is 0.285 e. The average Bonchev–Trinajstić information content (AvgIpc) is 2.77. The molecule has 1 fully saturated rings. The van der Waals surface area contributed by atoms with Crippen molar-refractivity contribution in [2.45, 2.75) is 11.2 Å². The number of nitrogens with zero attached hydrogens (tertiary/aromatic N) is 2. The van der Waals surface area contributed by atoms with Crippen LogP contribution in [0.5, 0.6) is 0 Å². The Hall–Kier alpha value is -1.57. The third-order valence-corrected chi connectivity index (χ3v) is 3.63. The fourth-order valence-corrected chi connectivity index (χ4v) is 2.49. The summed E-state index contributed by atoms with van der Waals surface area (Å²) in [5, 5.41) is 10.8. The molecule has 1 unspecified atom stereocenters. The van der Waals surface area contributed by atoms with Crippen LogP contribution in [-0.2, 0) is 0 Å². The Morgan fingerprint density at radius 2 is 2.05 bits per heavy atom. The van der Waals surface area contributed by atoms with E-state index in [1.807, 2.05) is 0 Å². The molecule has 0 spiro atoms. The zero-order valence-electron chi connectivity index (χ0n) is 9.61. The van der Waals surface area contributed by atoms with Gasteiger partial charge in [0.25, 0.3) is 11.6 Å². The average molecular weight is 335 g/mol. The summed E-state index contributed by atoms with van der Waals surface area (Å²) in [6.45, 7) is 0.805. The second kappa shape index (κ2) is 5.20. The highest BCUT2D eigenvalue weighted by Crippen LogP contribution is 2.26. The maximum absolute atomic E-state index is 13.2. The predicted molar refractivity (Wildman–Crippen MR) is 66.2 cm³/mol. The van der Waals surface area contributed by atoms with Crippen LogP contribution in [0.1, 0.15) is 16.8 Å². The molecule has 5 nitrogen and oxygen atoms in total. The highest BCUT2D eigenvalue weighted by atomic mass is 79.9. The lowest BCUT2D eigenvalue weighted by atomic mass is 10.1. The number of likely N-dealkylation sites (tertiary alicyclic amines) is 1. The van der Waals surface area contributed by atoms with Crippen LogP contribution in [0.3, 0.4) is 0 Å². The SMILES string of the molecule is O=C(c1cc(F)c(F)cc1[N+](=O)[O-])N1CCC(Br)C1. The highest BCUT2D eigenvalue weighted by Gasteiger charge is 2.31. The Morgan fingerprint density at radius 3 is 2.58 bits per heavy atom. The van der Waals surface area contributed by atoms with Crippen LogP contribution in [0, 0.1) is 21.7 Å². The minimum Gasteiger partial charge on any atom is -0.337 e. The van der Waals surface area contributed by atoms with Crippen molar-refractivity contribution in [1.82, 2.24) is 4.90 Å². The monoisotopic (exact) mass is 334 g/mol. The second-order valence-electron chi connectivity index (χ2n) is 4.18. The fourth-order valence-electron chi connectivity index (χ4n) is 1.93. The number of hydrogen-bond acceptors (Lipinski definition) is 3. The second-order valence-corrected chi connectivity index (χ2v) is 5.47. The molecule has 1 aliphatic heterocycles. The molecule has 1 amide bonds. The van der Waals surface area contributed by atoms with E-state index in [9.17, 15) is 23.7 Å². The summed E-state index contributed by atoms with van der Waals surface area (Å²) in [7, 11) is 0. The van der Waals surface area contributed by atoms with Crippen LogP contribution in [0.4, 0.5) is 14.5 Å². The molecule has 0 radical (unpaired) electrons. The quantitative estimate of drug-likeness (QED) is 0.474. The number of rotatable bonds is 2. The summed E-state index contributed by atoms with van der Waals surface area (Å²) >= 11 is 3.33. The van der Waals surface area contributed by atoms with Crippen molar-refractivity contribution in [2.75, 3.05) is 13.1 Å². The van der Waals surface area contributed by atoms with Gasteiger partial charge in [-0.1, -0.05) is 15.9 Å². The molecule has 0 bridgehead atoms. The number of halogens is 3. The first kappa shape index (κ1) is 13.9. The third kappa shape index (κ3) is 2.73. The van der Waals surface area contributed by atoms with Gasteiger partial charge in [-0.15, -0.1) is 0 Å². The lowest BCUT2D eigenvalue weighted by Gasteiger charge is -2.15. The summed E-state index contributed by atoms with van der Waals surface area (Å²) in [6, 6.07) is 1.02. The number of carbonyl (C=O) groups is 1. The zero-order valence-corrected chi connectivity index (χ0v) is 11.2. The number of nitro benzene ring substituents is 1. The number of alkyl halides is 1. The summed E-state index contributed by atoms with van der Waals surface area (Å²) in [5.41, 5.74) is -1.15. The van der Waals surface area contributed by atoms with E-state index in [-0.39, 0.29) is 4.83 Å². The molecule has 2 rings (SSSR count). The maximum atomic E-state index is 13.2. The van der Waals surface area contributed by atoms with Gasteiger partial charge in [-0.25, -0.2) is 8.78 Å². The summed E-state index contributed by atoms with van der Waals surface area (Å²) < 4.78 is 26.2. The molecule has 1 aromatic carbocycles. The van der Waals surface area contributed by atoms with Crippen LogP contribution in [0.15, 0.2) is 12.1 Å². The van der Waals surface area contributed by atoms with E-state index in [2.05, 4.69) is 15.9 Å². The highest BCUT2D eigenvalue weighted by molar-refractivity contribution is 9.09. The largest absolute Gasteiger partial charge is 0.337 e. The van der Waals surface area contributed by atoms with Crippen molar-refractivity contribution in [3.63, 3.8) is 0 Å². The van der Waals surface area contributed by atoms with E-state index < -0.39 is 33.7 Å². The van der Waals surface area contributed by atoms with Gasteiger partial charge in [0.1, 0.15) is 5.56 Å². The fraction of sp³-hybridized carbons (Fsp3) is 0.364. The van der Waals surface area contributed by atoms with E-state index in [0.717, 1.165) is 0 Å². The minimum atomic E-state index is -1.34. The smallest absolute Gasteiger partial charge is 0.285 e. The van der Waals surface area contributed by atoms with Gasteiger partial charge in [0.15, 0.2) is 11.6 Å². The van der Waals surface area contributed by atoms with Gasteiger partial charge < -0.3 is 4.90 Å². The summed E-state index contributed by atoms with van der Waals surface area (Å²) in [5.74, 6) is -3.28. The number of nitro groups is 1. The molecular weight excluding hydrogens is 326 g/mol. The predicted octanol–water partition coefficient (Wildman–Crippen LogP) is 2.48. The Kier molecular flexibility index (Phi) is 3.79. The van der Waals surface area contributed by atoms with Crippen LogP contribution in [0.2, 0.25) is 0 Å². The number of carbonyl (C=O) groups excluding carboxylic acids is 1. The molecule has 1 saturated heterocycles. The van der Waals surface area contributed by atoms with Crippen LogP contribution < -0.4 is 0 Å². The number of benzene rings is 1. The molecule has 0 saturated carbocycles. The molecular formula is C11H9BrF2N2O3. The lowest BCUT2D eigenvalue weighted by Crippen LogP contribution is -2.29. The molecule has 8 heteroatoms. The van der Waals surface area contributed by atoms with Crippen molar-refractivity contribution >= 4 is 27.5 Å². The topological polar surface area (TPSA) is 63.4 Å². The molecule has 1 aromatic rings. The van der Waals surface area contributed by atoms with Crippen molar-refractivity contribution in [3.05, 3.63) is 39.4 Å². The van der Waals surface area contributed by atoms with E-state index in [1.165, 1.54) is 4.90 Å². The Balaban J connectivity index is 2.40. The van der Waals surface area contributed by atoms with Gasteiger partial charge in [0.2, 0.25) is 0 Å². The minimum absolute atomic E-state index is 0.112. The normalized spacial score (nSPS) is 18.7. The molecule has 0 aromatic heterocycles. The van der Waals surface area contributed by atoms with Gasteiger partial charge in [-0.3, -0.25) is 14.9 Å². The molecule has 0 aliphatic carbocycles. The van der Waals surface area contributed by atoms with E-state index in [4.69, 9.17) is 0 Å². The molecule has 1 aliphatic rings. The molecule has 1 heterocycles. The van der Waals surface area contributed by atoms with Crippen LogP contribution in [-0.4, -0.2) is 33.6 Å². The zero-order chi connectivity index (χ0) is 14.2. The first-order valence-electron chi connectivity index (χ1n) is 5.47. The van der Waals surface area contributed by atoms with E-state index in [0.29, 0.717) is 31.6 Å². The van der Waals surface area contributed by atoms with E-state index >= 15 is 0 Å². The first-order chi connectivity index (χ1) is 8.90. The Bertz CT molecular complexity index is 553. The van der Waals surface area contributed by atoms with Gasteiger partial charge in [0.05, 0.1) is 11.0 Å². The third-order valence-electron chi connectivity index (χ3n) is 2.88. The Morgan fingerprint density at radius 1 is 1.42 bits per heavy atom. The van der Waals surface area contributed by atoms with Gasteiger partial charge in [-0.05, 0) is 12.5 Å². The van der Waals surface area contributed by atoms with Crippen LogP contribution in [0.25, 0.3) is 0 Å². The van der Waals surface area contributed by atoms with Crippen molar-refractivity contribution in [3.8, 4) is 0 Å². The van der Waals surface area contributed by atoms with Gasteiger partial charge in [-0.2, -0.15) is 0 Å². The molecule has 19 heavy (non-hydrogen) atoms. The first-order valence-corrected chi connectivity index (χ1v) is 6.38. The Labute approximate surface area is 115 Å². The van der Waals surface area contributed by atoms with Gasteiger partial charge in [0, 0.05) is 17.9 Å². The lowest BCUT2D eigenvalue weighted by molar-refractivity contribution is -0.385. The summed E-state index contributed by atoms with van der Waals surface area (Å²) in [4.78, 5) is 23.5. The van der Waals surface area contributed by atoms with Gasteiger partial charge >= 0.3 is 0 Å². The number of hydrogen-bond donors (Lipinski definition) is 0. The van der Waals surface area contributed by atoms with Crippen LogP contribution >= 0.6 is 15.9 Å². The summed E-state index contributed by atoms with van der Waals surface area (Å²) in [6.07, 6.45) is 0.712. The molecule has 1 atom stereocenters.